The first-order chi connectivity index (χ1) is 9.73. The molecule has 1 amide bonds. The van der Waals surface area contributed by atoms with Crippen LogP contribution in [0.2, 0.25) is 0 Å². The molecule has 118 valence electrons. The maximum absolute atomic E-state index is 13.5. The second-order valence-electron chi connectivity index (χ2n) is 6.42. The molecule has 0 heterocycles. The molecule has 0 radical (unpaired) electrons. The summed E-state index contributed by atoms with van der Waals surface area (Å²) in [7, 11) is 0. The van der Waals surface area contributed by atoms with E-state index in [-0.39, 0.29) is 42.4 Å². The smallest absolute Gasteiger partial charge is 0.220 e. The number of rotatable bonds is 6. The van der Waals surface area contributed by atoms with Crippen molar-refractivity contribution in [3.05, 3.63) is 35.4 Å². The van der Waals surface area contributed by atoms with Crippen molar-refractivity contribution >= 4 is 5.91 Å². The van der Waals surface area contributed by atoms with Gasteiger partial charge in [-0.2, -0.15) is 0 Å². The van der Waals surface area contributed by atoms with E-state index in [2.05, 4.69) is 5.32 Å². The molecule has 1 atom stereocenters. The van der Waals surface area contributed by atoms with Gasteiger partial charge in [-0.05, 0) is 29.9 Å². The Hall–Kier alpha value is -1.49. The number of aliphatic hydroxyl groups excluding tert-OH is 1. The molecule has 0 saturated heterocycles. The van der Waals surface area contributed by atoms with Gasteiger partial charge in [-0.15, -0.1) is 0 Å². The van der Waals surface area contributed by atoms with Crippen LogP contribution in [0.3, 0.4) is 0 Å². The summed E-state index contributed by atoms with van der Waals surface area (Å²) < 4.78 is 26.5. The monoisotopic (exact) mass is 299 g/mol. The SMILES string of the molecule is CC(C)(C)CC(CO)NC(=O)CCc1cccc(F)c1F. The largest absolute Gasteiger partial charge is 0.394 e. The van der Waals surface area contributed by atoms with E-state index in [0.29, 0.717) is 6.42 Å². The number of benzene rings is 1. The fourth-order valence-corrected chi connectivity index (χ4v) is 2.19. The molecular weight excluding hydrogens is 276 g/mol. The van der Waals surface area contributed by atoms with Crippen LogP contribution in [0.5, 0.6) is 0 Å². The molecular formula is C16H23F2NO2. The zero-order valence-electron chi connectivity index (χ0n) is 12.7. The number of nitrogens with one attached hydrogen (secondary N) is 1. The first-order valence-electron chi connectivity index (χ1n) is 7.06. The number of aryl methyl sites for hydroxylation is 1. The fraction of sp³-hybridized carbons (Fsp3) is 0.562. The molecule has 0 saturated carbocycles. The minimum Gasteiger partial charge on any atom is -0.394 e. The molecule has 1 unspecified atom stereocenters. The predicted octanol–water partition coefficient (Wildman–Crippen LogP) is 2.81. The molecule has 0 aliphatic rings. The number of aliphatic hydroxyl groups is 1. The van der Waals surface area contributed by atoms with E-state index in [4.69, 9.17) is 0 Å². The lowest BCUT2D eigenvalue weighted by Crippen LogP contribution is -2.40. The van der Waals surface area contributed by atoms with Crippen molar-refractivity contribution < 1.29 is 18.7 Å². The number of amides is 1. The van der Waals surface area contributed by atoms with Crippen molar-refractivity contribution in [2.75, 3.05) is 6.61 Å². The normalized spacial score (nSPS) is 13.0. The summed E-state index contributed by atoms with van der Waals surface area (Å²) in [5, 5.41) is 12.0. The third-order valence-corrected chi connectivity index (χ3v) is 3.10. The molecule has 21 heavy (non-hydrogen) atoms. The van der Waals surface area contributed by atoms with Crippen LogP contribution >= 0.6 is 0 Å². The Labute approximate surface area is 124 Å². The van der Waals surface area contributed by atoms with Gasteiger partial charge in [0.1, 0.15) is 0 Å². The van der Waals surface area contributed by atoms with Crippen molar-refractivity contribution in [3.8, 4) is 0 Å². The molecule has 0 aliphatic heterocycles. The Morgan fingerprint density at radius 2 is 2.00 bits per heavy atom. The van der Waals surface area contributed by atoms with E-state index in [0.717, 1.165) is 6.07 Å². The van der Waals surface area contributed by atoms with Crippen molar-refractivity contribution in [3.63, 3.8) is 0 Å². The van der Waals surface area contributed by atoms with Gasteiger partial charge in [-0.1, -0.05) is 32.9 Å². The van der Waals surface area contributed by atoms with Crippen LogP contribution in [-0.2, 0) is 11.2 Å². The van der Waals surface area contributed by atoms with Crippen LogP contribution < -0.4 is 5.32 Å². The summed E-state index contributed by atoms with van der Waals surface area (Å²) in [6, 6.07) is 3.60. The van der Waals surface area contributed by atoms with Gasteiger partial charge < -0.3 is 10.4 Å². The maximum Gasteiger partial charge on any atom is 0.220 e. The lowest BCUT2D eigenvalue weighted by atomic mass is 9.88. The van der Waals surface area contributed by atoms with Crippen molar-refractivity contribution in [2.45, 2.75) is 46.1 Å². The second kappa shape index (κ2) is 7.50. The topological polar surface area (TPSA) is 49.3 Å². The molecule has 0 bridgehead atoms. The third kappa shape index (κ3) is 6.21. The van der Waals surface area contributed by atoms with E-state index in [9.17, 15) is 18.7 Å². The standard InChI is InChI=1S/C16H23F2NO2/c1-16(2,3)9-12(10-20)19-14(21)8-7-11-5-4-6-13(17)15(11)18/h4-6,12,20H,7-10H2,1-3H3,(H,19,21). The third-order valence-electron chi connectivity index (χ3n) is 3.10. The summed E-state index contributed by atoms with van der Waals surface area (Å²) in [6.45, 7) is 5.91. The molecule has 1 rings (SSSR count). The first-order valence-corrected chi connectivity index (χ1v) is 7.06. The predicted molar refractivity (Wildman–Crippen MR) is 77.8 cm³/mol. The molecule has 1 aromatic rings. The van der Waals surface area contributed by atoms with Gasteiger partial charge in [-0.25, -0.2) is 8.78 Å². The summed E-state index contributed by atoms with van der Waals surface area (Å²) in [4.78, 5) is 11.8. The average molecular weight is 299 g/mol. The lowest BCUT2D eigenvalue weighted by molar-refractivity contribution is -0.122. The quantitative estimate of drug-likeness (QED) is 0.848. The molecule has 0 fully saturated rings. The van der Waals surface area contributed by atoms with E-state index in [1.807, 2.05) is 20.8 Å². The minimum atomic E-state index is -0.908. The molecule has 0 aromatic heterocycles. The molecule has 1 aromatic carbocycles. The van der Waals surface area contributed by atoms with Gasteiger partial charge in [0.15, 0.2) is 11.6 Å². The Balaban J connectivity index is 2.52. The molecule has 3 nitrogen and oxygen atoms in total. The summed E-state index contributed by atoms with van der Waals surface area (Å²) in [5.74, 6) is -2.09. The molecule has 5 heteroatoms. The van der Waals surface area contributed by atoms with Gasteiger partial charge in [0, 0.05) is 6.42 Å². The molecule has 0 aliphatic carbocycles. The lowest BCUT2D eigenvalue weighted by Gasteiger charge is -2.25. The number of halogens is 2. The second-order valence-corrected chi connectivity index (χ2v) is 6.42. The Morgan fingerprint density at radius 1 is 1.33 bits per heavy atom. The van der Waals surface area contributed by atoms with E-state index >= 15 is 0 Å². The number of hydrogen-bond acceptors (Lipinski definition) is 2. The van der Waals surface area contributed by atoms with Crippen LogP contribution in [0, 0.1) is 17.0 Å². The number of carbonyl (C=O) groups is 1. The van der Waals surface area contributed by atoms with Crippen molar-refractivity contribution in [1.82, 2.24) is 5.32 Å². The van der Waals surface area contributed by atoms with Crippen LogP contribution in [0.25, 0.3) is 0 Å². The van der Waals surface area contributed by atoms with Crippen LogP contribution in [-0.4, -0.2) is 23.7 Å². The number of hydrogen-bond donors (Lipinski definition) is 2. The Morgan fingerprint density at radius 3 is 2.57 bits per heavy atom. The maximum atomic E-state index is 13.5. The van der Waals surface area contributed by atoms with E-state index in [1.165, 1.54) is 12.1 Å². The summed E-state index contributed by atoms with van der Waals surface area (Å²) >= 11 is 0. The van der Waals surface area contributed by atoms with E-state index < -0.39 is 11.6 Å². The highest BCUT2D eigenvalue weighted by Crippen LogP contribution is 2.20. The summed E-state index contributed by atoms with van der Waals surface area (Å²) in [6.07, 6.45) is 0.827. The first kappa shape index (κ1) is 17.6. The highest BCUT2D eigenvalue weighted by atomic mass is 19.2. The van der Waals surface area contributed by atoms with Crippen LogP contribution in [0.1, 0.15) is 39.2 Å². The van der Waals surface area contributed by atoms with Gasteiger partial charge in [0.05, 0.1) is 12.6 Å². The van der Waals surface area contributed by atoms with Gasteiger partial charge in [0.2, 0.25) is 5.91 Å². The Kier molecular flexibility index (Phi) is 6.27. The zero-order chi connectivity index (χ0) is 16.0. The van der Waals surface area contributed by atoms with Crippen LogP contribution in [0.4, 0.5) is 8.78 Å². The zero-order valence-corrected chi connectivity index (χ0v) is 12.7. The van der Waals surface area contributed by atoms with Crippen molar-refractivity contribution in [2.24, 2.45) is 5.41 Å². The summed E-state index contributed by atoms with van der Waals surface area (Å²) in [5.41, 5.74) is 0.163. The fourth-order valence-electron chi connectivity index (χ4n) is 2.19. The van der Waals surface area contributed by atoms with E-state index in [1.54, 1.807) is 0 Å². The minimum absolute atomic E-state index is 0.0185. The molecule has 0 spiro atoms. The highest BCUT2D eigenvalue weighted by Gasteiger charge is 2.20. The van der Waals surface area contributed by atoms with Crippen LogP contribution in [0.15, 0.2) is 18.2 Å². The highest BCUT2D eigenvalue weighted by molar-refractivity contribution is 5.76. The average Bonchev–Trinajstić information content (AvgIpc) is 2.38. The number of carbonyl (C=O) groups excluding carboxylic acids is 1. The van der Waals surface area contributed by atoms with Gasteiger partial charge >= 0.3 is 0 Å². The molecule has 2 N–H and O–H groups in total. The Bertz CT molecular complexity index is 484. The van der Waals surface area contributed by atoms with Gasteiger partial charge in [0.25, 0.3) is 0 Å². The van der Waals surface area contributed by atoms with Gasteiger partial charge in [-0.3, -0.25) is 4.79 Å². The van der Waals surface area contributed by atoms with Crippen molar-refractivity contribution in [1.29, 1.82) is 0 Å².